The number of hydrogen-bond donors (Lipinski definition) is 1. The minimum Gasteiger partial charge on any atom is -0.339 e. The fraction of sp³-hybridized carbons (Fsp3) is 0.294. The number of para-hydroxylation sites is 1. The quantitative estimate of drug-likeness (QED) is 0.884. The van der Waals surface area contributed by atoms with Gasteiger partial charge < -0.3 is 10.2 Å². The van der Waals surface area contributed by atoms with E-state index in [0.29, 0.717) is 12.2 Å². The molecule has 20 heavy (non-hydrogen) atoms. The van der Waals surface area contributed by atoms with E-state index in [4.69, 9.17) is 0 Å². The van der Waals surface area contributed by atoms with Gasteiger partial charge in [0.05, 0.1) is 5.69 Å². The van der Waals surface area contributed by atoms with E-state index in [9.17, 15) is 4.39 Å². The predicted molar refractivity (Wildman–Crippen MR) is 83.0 cm³/mol. The Balaban J connectivity index is 2.51. The van der Waals surface area contributed by atoms with Crippen LogP contribution in [-0.2, 0) is 6.54 Å². The number of benzene rings is 2. The highest BCUT2D eigenvalue weighted by molar-refractivity contribution is 5.67. The Morgan fingerprint density at radius 2 is 1.90 bits per heavy atom. The van der Waals surface area contributed by atoms with Crippen molar-refractivity contribution in [2.24, 2.45) is 0 Å². The molecule has 0 aliphatic carbocycles. The summed E-state index contributed by atoms with van der Waals surface area (Å²) in [7, 11) is 1.87. The second kappa shape index (κ2) is 6.53. The van der Waals surface area contributed by atoms with E-state index in [1.54, 1.807) is 6.07 Å². The van der Waals surface area contributed by atoms with Crippen LogP contribution in [0.15, 0.2) is 42.5 Å². The monoisotopic (exact) mass is 272 g/mol. The standard InChI is InChI=1S/C17H21FN2/c1-4-20(15-9-5-7-13(2)11-15)17-14(12-19-3)8-6-10-16(17)18/h5-11,19H,4,12H2,1-3H3. The second-order valence-corrected chi connectivity index (χ2v) is 4.86. The average Bonchev–Trinajstić information content (AvgIpc) is 2.43. The van der Waals surface area contributed by atoms with E-state index in [2.05, 4.69) is 11.4 Å². The second-order valence-electron chi connectivity index (χ2n) is 4.86. The molecule has 0 radical (unpaired) electrons. The zero-order valence-electron chi connectivity index (χ0n) is 12.3. The zero-order valence-corrected chi connectivity index (χ0v) is 12.3. The van der Waals surface area contributed by atoms with Crippen LogP contribution in [0.5, 0.6) is 0 Å². The summed E-state index contributed by atoms with van der Waals surface area (Å²) < 4.78 is 14.3. The number of aryl methyl sites for hydroxylation is 1. The van der Waals surface area contributed by atoms with Crippen LogP contribution in [0.2, 0.25) is 0 Å². The maximum atomic E-state index is 14.3. The Hall–Kier alpha value is -1.87. The Kier molecular flexibility index (Phi) is 4.74. The van der Waals surface area contributed by atoms with Crippen LogP contribution in [0.4, 0.5) is 15.8 Å². The molecule has 0 spiro atoms. The first-order valence-electron chi connectivity index (χ1n) is 6.93. The highest BCUT2D eigenvalue weighted by Gasteiger charge is 2.16. The van der Waals surface area contributed by atoms with Crippen LogP contribution < -0.4 is 10.2 Å². The van der Waals surface area contributed by atoms with Gasteiger partial charge in [0, 0.05) is 18.8 Å². The van der Waals surface area contributed by atoms with Gasteiger partial charge in [0.15, 0.2) is 0 Å². The molecule has 0 unspecified atom stereocenters. The van der Waals surface area contributed by atoms with Crippen LogP contribution in [0.3, 0.4) is 0 Å². The van der Waals surface area contributed by atoms with Gasteiger partial charge in [-0.2, -0.15) is 0 Å². The van der Waals surface area contributed by atoms with Crippen molar-refractivity contribution in [2.45, 2.75) is 20.4 Å². The Morgan fingerprint density at radius 1 is 1.15 bits per heavy atom. The molecule has 0 aliphatic heterocycles. The van der Waals surface area contributed by atoms with Crippen molar-refractivity contribution in [3.8, 4) is 0 Å². The molecule has 3 heteroatoms. The van der Waals surface area contributed by atoms with Crippen molar-refractivity contribution in [3.05, 3.63) is 59.4 Å². The Morgan fingerprint density at radius 3 is 2.55 bits per heavy atom. The fourth-order valence-electron chi connectivity index (χ4n) is 2.46. The summed E-state index contributed by atoms with van der Waals surface area (Å²) in [5.74, 6) is -0.180. The normalized spacial score (nSPS) is 10.6. The average molecular weight is 272 g/mol. The SMILES string of the molecule is CCN(c1cccc(C)c1)c1c(F)cccc1CNC. The lowest BCUT2D eigenvalue weighted by Crippen LogP contribution is -2.21. The summed E-state index contributed by atoms with van der Waals surface area (Å²) >= 11 is 0. The number of hydrogen-bond acceptors (Lipinski definition) is 2. The summed E-state index contributed by atoms with van der Waals surface area (Å²) in [6, 6.07) is 13.4. The molecule has 0 fully saturated rings. The molecule has 0 bridgehead atoms. The molecule has 2 aromatic carbocycles. The molecule has 0 saturated heterocycles. The van der Waals surface area contributed by atoms with Gasteiger partial charge in [0.1, 0.15) is 5.82 Å². The van der Waals surface area contributed by atoms with Gasteiger partial charge in [-0.05, 0) is 50.2 Å². The van der Waals surface area contributed by atoms with Crippen LogP contribution in [0.25, 0.3) is 0 Å². The molecular weight excluding hydrogens is 251 g/mol. The summed E-state index contributed by atoms with van der Waals surface area (Å²) in [5, 5.41) is 3.10. The molecule has 0 aliphatic rings. The highest BCUT2D eigenvalue weighted by Crippen LogP contribution is 2.31. The Bertz CT molecular complexity index is 581. The first-order valence-corrected chi connectivity index (χ1v) is 6.93. The summed E-state index contributed by atoms with van der Waals surface area (Å²) in [4.78, 5) is 2.02. The molecule has 1 N–H and O–H groups in total. The van der Waals surface area contributed by atoms with Gasteiger partial charge >= 0.3 is 0 Å². The number of nitrogens with zero attached hydrogens (tertiary/aromatic N) is 1. The van der Waals surface area contributed by atoms with E-state index in [0.717, 1.165) is 17.8 Å². The third-order valence-corrected chi connectivity index (χ3v) is 3.34. The largest absolute Gasteiger partial charge is 0.339 e. The minimum atomic E-state index is -0.180. The molecule has 2 nitrogen and oxygen atoms in total. The maximum absolute atomic E-state index is 14.3. The molecule has 2 rings (SSSR count). The first-order chi connectivity index (χ1) is 9.67. The molecule has 0 aromatic heterocycles. The van der Waals surface area contributed by atoms with E-state index >= 15 is 0 Å². The van der Waals surface area contributed by atoms with Gasteiger partial charge in [-0.1, -0.05) is 24.3 Å². The minimum absolute atomic E-state index is 0.180. The van der Waals surface area contributed by atoms with E-state index in [1.165, 1.54) is 11.6 Å². The van der Waals surface area contributed by atoms with Crippen LogP contribution in [0, 0.1) is 12.7 Å². The molecule has 0 heterocycles. The van der Waals surface area contributed by atoms with E-state index in [-0.39, 0.29) is 5.82 Å². The van der Waals surface area contributed by atoms with Crippen molar-refractivity contribution in [1.29, 1.82) is 0 Å². The van der Waals surface area contributed by atoms with Crippen LogP contribution in [0.1, 0.15) is 18.1 Å². The molecule has 0 atom stereocenters. The molecule has 0 saturated carbocycles. The topological polar surface area (TPSA) is 15.3 Å². The lowest BCUT2D eigenvalue weighted by Gasteiger charge is -2.26. The number of rotatable bonds is 5. The first kappa shape index (κ1) is 14.5. The number of halogens is 1. The van der Waals surface area contributed by atoms with E-state index in [1.807, 2.05) is 50.1 Å². The van der Waals surface area contributed by atoms with Crippen molar-refractivity contribution in [2.75, 3.05) is 18.5 Å². The van der Waals surface area contributed by atoms with Crippen molar-refractivity contribution in [1.82, 2.24) is 5.32 Å². The lowest BCUT2D eigenvalue weighted by atomic mass is 10.1. The van der Waals surface area contributed by atoms with Gasteiger partial charge in [-0.15, -0.1) is 0 Å². The molecule has 0 amide bonds. The van der Waals surface area contributed by atoms with Gasteiger partial charge in [-0.3, -0.25) is 0 Å². The van der Waals surface area contributed by atoms with Crippen molar-refractivity contribution in [3.63, 3.8) is 0 Å². The zero-order chi connectivity index (χ0) is 14.5. The van der Waals surface area contributed by atoms with Crippen LogP contribution in [-0.4, -0.2) is 13.6 Å². The summed E-state index contributed by atoms with van der Waals surface area (Å²) in [5.41, 5.74) is 3.83. The summed E-state index contributed by atoms with van der Waals surface area (Å²) in [6.45, 7) is 5.46. The molecule has 106 valence electrons. The fourth-order valence-corrected chi connectivity index (χ4v) is 2.46. The third kappa shape index (κ3) is 2.99. The van der Waals surface area contributed by atoms with Gasteiger partial charge in [0.2, 0.25) is 0 Å². The van der Waals surface area contributed by atoms with Gasteiger partial charge in [0.25, 0.3) is 0 Å². The maximum Gasteiger partial charge on any atom is 0.147 e. The van der Waals surface area contributed by atoms with Crippen molar-refractivity contribution < 1.29 is 4.39 Å². The van der Waals surface area contributed by atoms with E-state index < -0.39 is 0 Å². The third-order valence-electron chi connectivity index (χ3n) is 3.34. The Labute approximate surface area is 120 Å². The lowest BCUT2D eigenvalue weighted by molar-refractivity contribution is 0.621. The highest BCUT2D eigenvalue weighted by atomic mass is 19.1. The van der Waals surface area contributed by atoms with Crippen LogP contribution >= 0.6 is 0 Å². The van der Waals surface area contributed by atoms with Gasteiger partial charge in [-0.25, -0.2) is 4.39 Å². The number of nitrogens with one attached hydrogen (secondary N) is 1. The number of anilines is 2. The smallest absolute Gasteiger partial charge is 0.147 e. The molecular formula is C17H21FN2. The summed E-state index contributed by atoms with van der Waals surface area (Å²) in [6.07, 6.45) is 0. The molecule has 2 aromatic rings. The predicted octanol–water partition coefficient (Wildman–Crippen LogP) is 4.01. The van der Waals surface area contributed by atoms with Crippen molar-refractivity contribution >= 4 is 11.4 Å².